The number of nitrogens with two attached hydrogens (primary N) is 1. The summed E-state index contributed by atoms with van der Waals surface area (Å²) < 4.78 is 18.8. The molecule has 0 unspecified atom stereocenters. The van der Waals surface area contributed by atoms with E-state index in [-0.39, 0.29) is 17.0 Å². The Hall–Kier alpha value is -3.28. The van der Waals surface area contributed by atoms with Crippen LogP contribution >= 0.6 is 0 Å². The molecule has 0 aliphatic carbocycles. The summed E-state index contributed by atoms with van der Waals surface area (Å²) in [6, 6.07) is 11.5. The molecular weight excluding hydrogens is 420 g/mol. The van der Waals surface area contributed by atoms with Crippen LogP contribution in [0.4, 0.5) is 0 Å². The zero-order valence-corrected chi connectivity index (χ0v) is 19.2. The van der Waals surface area contributed by atoms with Gasteiger partial charge in [-0.3, -0.25) is 4.79 Å². The van der Waals surface area contributed by atoms with Gasteiger partial charge in [-0.15, -0.1) is 0 Å². The fraction of sp³-hybridized carbons (Fsp3) is 0.440. The monoisotopic (exact) mass is 451 g/mol. The molecule has 1 atom stereocenters. The average Bonchev–Trinajstić information content (AvgIpc) is 2.81. The van der Waals surface area contributed by atoms with Crippen LogP contribution in [-0.4, -0.2) is 44.0 Å². The molecule has 1 aromatic heterocycles. The van der Waals surface area contributed by atoms with Gasteiger partial charge in [-0.2, -0.15) is 5.26 Å². The Labute approximate surface area is 193 Å². The van der Waals surface area contributed by atoms with Gasteiger partial charge in [-0.05, 0) is 19.9 Å². The molecule has 3 N–H and O–H groups in total. The van der Waals surface area contributed by atoms with Crippen LogP contribution in [-0.2, 0) is 11.3 Å². The molecule has 1 aromatic carbocycles. The zero-order chi connectivity index (χ0) is 23.4. The third kappa shape index (κ3) is 4.61. The number of aryl methyl sites for hydroxylation is 1. The zero-order valence-electron chi connectivity index (χ0n) is 19.2. The van der Waals surface area contributed by atoms with E-state index in [1.165, 1.54) is 4.90 Å². The molecule has 1 fully saturated rings. The topological polar surface area (TPSA) is 104 Å². The number of hydrogen-bond donors (Lipinski definition) is 2. The Bertz CT molecular complexity index is 1140. The number of fused-ring (bicyclic) bond motifs is 1. The number of morpholine rings is 1. The Balaban J connectivity index is 1.73. The molecule has 0 radical (unpaired) electrons. The van der Waals surface area contributed by atoms with Gasteiger partial charge in [0.25, 0.3) is 5.56 Å². The Kier molecular flexibility index (Phi) is 7.02. The lowest BCUT2D eigenvalue weighted by molar-refractivity contribution is -0.908. The van der Waals surface area contributed by atoms with Crippen molar-refractivity contribution in [2.45, 2.75) is 32.7 Å². The van der Waals surface area contributed by atoms with Crippen LogP contribution in [0.1, 0.15) is 36.1 Å². The number of nitriles is 1. The molecule has 0 saturated carbocycles. The van der Waals surface area contributed by atoms with Gasteiger partial charge in [0.15, 0.2) is 0 Å². The van der Waals surface area contributed by atoms with Crippen molar-refractivity contribution in [1.29, 1.82) is 5.26 Å². The molecule has 0 spiro atoms. The summed E-state index contributed by atoms with van der Waals surface area (Å²) in [5.74, 6) is 0.403. The summed E-state index contributed by atoms with van der Waals surface area (Å²) in [5, 5.41) is 9.91. The lowest BCUT2D eigenvalue weighted by Gasteiger charge is -2.28. The van der Waals surface area contributed by atoms with E-state index < -0.39 is 5.92 Å². The SMILES string of the molecule is CCOc1ccccc1[C@@H]1C(C#N)=C(N)Oc2cc(C)n(CCC[NH+]3CCOCC3)c(=O)c21. The first kappa shape index (κ1) is 22.9. The molecule has 174 valence electrons. The minimum Gasteiger partial charge on any atom is -0.494 e. The molecule has 8 heteroatoms. The number of nitrogens with one attached hydrogen (secondary N) is 1. The molecule has 2 aliphatic rings. The van der Waals surface area contributed by atoms with E-state index in [2.05, 4.69) is 6.07 Å². The molecule has 2 aliphatic heterocycles. The van der Waals surface area contributed by atoms with Crippen molar-refractivity contribution in [3.8, 4) is 17.6 Å². The summed E-state index contributed by atoms with van der Waals surface area (Å²) in [6.45, 7) is 9.42. The fourth-order valence-corrected chi connectivity index (χ4v) is 4.68. The maximum atomic E-state index is 13.8. The van der Waals surface area contributed by atoms with Crippen molar-refractivity contribution < 1.29 is 19.1 Å². The molecule has 3 heterocycles. The summed E-state index contributed by atoms with van der Waals surface area (Å²) in [7, 11) is 0. The first-order valence-corrected chi connectivity index (χ1v) is 11.5. The van der Waals surface area contributed by atoms with E-state index in [9.17, 15) is 10.1 Å². The predicted octanol–water partition coefficient (Wildman–Crippen LogP) is 1.08. The highest BCUT2D eigenvalue weighted by molar-refractivity contribution is 5.58. The van der Waals surface area contributed by atoms with Crippen LogP contribution in [0.25, 0.3) is 0 Å². The Morgan fingerprint density at radius 2 is 2.06 bits per heavy atom. The molecule has 0 bridgehead atoms. The molecule has 1 saturated heterocycles. The van der Waals surface area contributed by atoms with Gasteiger partial charge in [-0.1, -0.05) is 18.2 Å². The van der Waals surface area contributed by atoms with Crippen molar-refractivity contribution in [3.05, 3.63) is 69.0 Å². The van der Waals surface area contributed by atoms with Crippen LogP contribution in [0.15, 0.2) is 46.6 Å². The van der Waals surface area contributed by atoms with E-state index in [1.807, 2.05) is 44.2 Å². The molecule has 33 heavy (non-hydrogen) atoms. The number of nitrogens with zero attached hydrogens (tertiary/aromatic N) is 2. The number of ether oxygens (including phenoxy) is 3. The smallest absolute Gasteiger partial charge is 0.258 e. The van der Waals surface area contributed by atoms with Crippen molar-refractivity contribution in [3.63, 3.8) is 0 Å². The summed E-state index contributed by atoms with van der Waals surface area (Å²) in [6.07, 6.45) is 0.874. The second-order valence-electron chi connectivity index (χ2n) is 8.38. The molecular formula is C25H31N4O4+. The van der Waals surface area contributed by atoms with Crippen LogP contribution in [0.2, 0.25) is 0 Å². The van der Waals surface area contributed by atoms with Crippen LogP contribution in [0.5, 0.6) is 11.5 Å². The van der Waals surface area contributed by atoms with Crippen molar-refractivity contribution in [2.24, 2.45) is 5.73 Å². The van der Waals surface area contributed by atoms with Crippen LogP contribution in [0, 0.1) is 18.3 Å². The summed E-state index contributed by atoms with van der Waals surface area (Å²) >= 11 is 0. The number of aromatic nitrogens is 1. The van der Waals surface area contributed by atoms with E-state index >= 15 is 0 Å². The largest absolute Gasteiger partial charge is 0.494 e. The lowest BCUT2D eigenvalue weighted by Crippen LogP contribution is -3.14. The number of rotatable bonds is 7. The normalized spacial score (nSPS) is 18.4. The average molecular weight is 452 g/mol. The first-order chi connectivity index (χ1) is 16.0. The standard InChI is InChI=1S/C25H30N4O4/c1-3-32-20-8-5-4-7-18(20)22-19(16-26)24(27)33-21-15-17(2)29(25(30)23(21)22)10-6-9-28-11-13-31-14-12-28/h4-5,7-8,15,22H,3,6,9-14,27H2,1-2H3/p+1/t22-/m1/s1. The first-order valence-electron chi connectivity index (χ1n) is 11.5. The third-order valence-electron chi connectivity index (χ3n) is 6.33. The Morgan fingerprint density at radius 3 is 2.79 bits per heavy atom. The maximum Gasteiger partial charge on any atom is 0.258 e. The minimum atomic E-state index is -0.647. The van der Waals surface area contributed by atoms with Crippen molar-refractivity contribution in [1.82, 2.24) is 4.57 Å². The van der Waals surface area contributed by atoms with E-state index in [0.717, 1.165) is 50.5 Å². The summed E-state index contributed by atoms with van der Waals surface area (Å²) in [4.78, 5) is 15.3. The van der Waals surface area contributed by atoms with E-state index in [0.29, 0.717) is 30.2 Å². The molecule has 2 aromatic rings. The Morgan fingerprint density at radius 1 is 1.30 bits per heavy atom. The maximum absolute atomic E-state index is 13.8. The van der Waals surface area contributed by atoms with Gasteiger partial charge in [-0.25, -0.2) is 0 Å². The van der Waals surface area contributed by atoms with Crippen molar-refractivity contribution >= 4 is 0 Å². The van der Waals surface area contributed by atoms with Gasteiger partial charge in [0, 0.05) is 30.3 Å². The number of para-hydroxylation sites is 1. The van der Waals surface area contributed by atoms with Gasteiger partial charge >= 0.3 is 0 Å². The number of allylic oxidation sites excluding steroid dienone is 1. The molecule has 0 amide bonds. The highest BCUT2D eigenvalue weighted by Crippen LogP contribution is 2.43. The fourth-order valence-electron chi connectivity index (χ4n) is 4.68. The highest BCUT2D eigenvalue weighted by atomic mass is 16.5. The van der Waals surface area contributed by atoms with Crippen LogP contribution in [0.3, 0.4) is 0 Å². The van der Waals surface area contributed by atoms with Gasteiger partial charge in [0.2, 0.25) is 5.88 Å². The quantitative estimate of drug-likeness (QED) is 0.653. The number of quaternary nitrogens is 1. The second kappa shape index (κ2) is 10.1. The van der Waals surface area contributed by atoms with Crippen LogP contribution < -0.4 is 25.7 Å². The van der Waals surface area contributed by atoms with E-state index in [4.69, 9.17) is 19.9 Å². The van der Waals surface area contributed by atoms with Gasteiger partial charge in [0.05, 0.1) is 37.8 Å². The van der Waals surface area contributed by atoms with Crippen molar-refractivity contribution in [2.75, 3.05) is 39.5 Å². The number of pyridine rings is 1. The number of hydrogen-bond acceptors (Lipinski definition) is 6. The summed E-state index contributed by atoms with van der Waals surface area (Å²) in [5.41, 5.74) is 8.16. The third-order valence-corrected chi connectivity index (χ3v) is 6.33. The van der Waals surface area contributed by atoms with Gasteiger partial charge < -0.3 is 29.4 Å². The highest BCUT2D eigenvalue weighted by Gasteiger charge is 2.36. The lowest BCUT2D eigenvalue weighted by atomic mass is 9.83. The minimum absolute atomic E-state index is 0.0220. The second-order valence-corrected chi connectivity index (χ2v) is 8.38. The van der Waals surface area contributed by atoms with E-state index in [1.54, 1.807) is 4.57 Å². The molecule has 4 rings (SSSR count). The predicted molar refractivity (Wildman–Crippen MR) is 123 cm³/mol. The number of benzene rings is 1. The van der Waals surface area contributed by atoms with Gasteiger partial charge in [0.1, 0.15) is 36.2 Å². The molecule has 8 nitrogen and oxygen atoms in total.